The van der Waals surface area contributed by atoms with Crippen molar-refractivity contribution in [3.8, 4) is 11.5 Å². The van der Waals surface area contributed by atoms with Gasteiger partial charge in [-0.15, -0.1) is 0 Å². The maximum Gasteiger partial charge on any atom is 0.123 e. The van der Waals surface area contributed by atoms with Crippen molar-refractivity contribution < 1.29 is 9.47 Å². The molecule has 0 spiro atoms. The van der Waals surface area contributed by atoms with Gasteiger partial charge in [0.25, 0.3) is 0 Å². The van der Waals surface area contributed by atoms with Crippen LogP contribution in [0.1, 0.15) is 25.3 Å². The summed E-state index contributed by atoms with van der Waals surface area (Å²) < 4.78 is 12.5. The Hall–Kier alpha value is -1.68. The fraction of sp³-hybridized carbons (Fsp3) is 0.294. The summed E-state index contributed by atoms with van der Waals surface area (Å²) in [7, 11) is 0. The van der Waals surface area contributed by atoms with Crippen LogP contribution in [0, 0.1) is 0 Å². The lowest BCUT2D eigenvalue weighted by molar-refractivity contribution is 0.215. The van der Waals surface area contributed by atoms with E-state index >= 15 is 0 Å². The van der Waals surface area contributed by atoms with Crippen molar-refractivity contribution in [2.45, 2.75) is 19.8 Å². The number of hydrogen-bond acceptors (Lipinski definition) is 3. The van der Waals surface area contributed by atoms with Crippen LogP contribution in [0.4, 0.5) is 5.69 Å². The van der Waals surface area contributed by atoms with Gasteiger partial charge in [0, 0.05) is 10.2 Å². The summed E-state index contributed by atoms with van der Waals surface area (Å²) in [6, 6.07) is 13.4. The molecule has 4 heteroatoms. The van der Waals surface area contributed by atoms with E-state index in [0.29, 0.717) is 19.1 Å². The first kappa shape index (κ1) is 15.7. The Morgan fingerprint density at radius 3 is 2.33 bits per heavy atom. The van der Waals surface area contributed by atoms with Gasteiger partial charge in [0.2, 0.25) is 0 Å². The van der Waals surface area contributed by atoms with Crippen LogP contribution in [0.5, 0.6) is 11.5 Å². The molecule has 21 heavy (non-hydrogen) atoms. The van der Waals surface area contributed by atoms with Crippen molar-refractivity contribution in [2.24, 2.45) is 0 Å². The molecule has 0 radical (unpaired) electrons. The van der Waals surface area contributed by atoms with E-state index in [1.807, 2.05) is 36.4 Å². The van der Waals surface area contributed by atoms with E-state index in [9.17, 15) is 0 Å². The van der Waals surface area contributed by atoms with Crippen LogP contribution in [0.3, 0.4) is 0 Å². The normalized spacial score (nSPS) is 10.7. The second-order valence-corrected chi connectivity index (χ2v) is 6.02. The van der Waals surface area contributed by atoms with Gasteiger partial charge >= 0.3 is 0 Å². The first-order chi connectivity index (χ1) is 10.1. The van der Waals surface area contributed by atoms with Gasteiger partial charge in [0.1, 0.15) is 24.7 Å². The molecule has 0 aliphatic rings. The predicted molar refractivity (Wildman–Crippen MR) is 90.1 cm³/mol. The Balaban J connectivity index is 1.87. The molecule has 2 aromatic carbocycles. The highest BCUT2D eigenvalue weighted by atomic mass is 79.9. The van der Waals surface area contributed by atoms with Gasteiger partial charge in [-0.05, 0) is 53.9 Å². The molecule has 112 valence electrons. The minimum absolute atomic E-state index is 0.413. The lowest BCUT2D eigenvalue weighted by Gasteiger charge is -2.15. The Kier molecular flexibility index (Phi) is 5.51. The standard InChI is InChI=1S/C17H20BrNO2/c1-12(2)16-11-13(18)3-8-17(16)21-10-9-20-15-6-4-14(19)5-7-15/h3-8,11-12H,9-10,19H2,1-2H3. The molecule has 0 unspecified atom stereocenters. The summed E-state index contributed by atoms with van der Waals surface area (Å²) in [4.78, 5) is 0. The van der Waals surface area contributed by atoms with Crippen LogP contribution in [0.25, 0.3) is 0 Å². The minimum atomic E-state index is 0.413. The summed E-state index contributed by atoms with van der Waals surface area (Å²) in [6.45, 7) is 5.31. The molecule has 0 fully saturated rings. The van der Waals surface area contributed by atoms with Crippen LogP contribution in [-0.2, 0) is 0 Å². The zero-order valence-electron chi connectivity index (χ0n) is 12.3. The van der Waals surface area contributed by atoms with Gasteiger partial charge < -0.3 is 15.2 Å². The van der Waals surface area contributed by atoms with Crippen LogP contribution in [0.2, 0.25) is 0 Å². The molecule has 0 amide bonds. The summed E-state index contributed by atoms with van der Waals surface area (Å²) in [5.41, 5.74) is 7.55. The molecular formula is C17H20BrNO2. The molecule has 2 aromatic rings. The number of hydrogen-bond donors (Lipinski definition) is 1. The second-order valence-electron chi connectivity index (χ2n) is 5.10. The maximum atomic E-state index is 5.83. The summed E-state index contributed by atoms with van der Waals surface area (Å²) >= 11 is 3.49. The monoisotopic (exact) mass is 349 g/mol. The van der Waals surface area contributed by atoms with Gasteiger partial charge in [-0.3, -0.25) is 0 Å². The maximum absolute atomic E-state index is 5.83. The Morgan fingerprint density at radius 1 is 1.00 bits per heavy atom. The van der Waals surface area contributed by atoms with Crippen molar-refractivity contribution in [3.05, 3.63) is 52.5 Å². The van der Waals surface area contributed by atoms with Crippen molar-refractivity contribution in [3.63, 3.8) is 0 Å². The third-order valence-electron chi connectivity index (χ3n) is 3.08. The largest absolute Gasteiger partial charge is 0.490 e. The fourth-order valence-electron chi connectivity index (χ4n) is 1.98. The SMILES string of the molecule is CC(C)c1cc(Br)ccc1OCCOc1ccc(N)cc1. The Bertz CT molecular complexity index is 582. The summed E-state index contributed by atoms with van der Waals surface area (Å²) in [6.07, 6.45) is 0. The molecule has 0 aromatic heterocycles. The Morgan fingerprint density at radius 2 is 1.67 bits per heavy atom. The van der Waals surface area contributed by atoms with Gasteiger partial charge in [0.05, 0.1) is 0 Å². The molecule has 3 nitrogen and oxygen atoms in total. The van der Waals surface area contributed by atoms with Gasteiger partial charge in [-0.1, -0.05) is 29.8 Å². The topological polar surface area (TPSA) is 44.5 Å². The molecule has 0 aliphatic heterocycles. The molecule has 2 rings (SSSR count). The molecule has 0 saturated carbocycles. The number of nitrogens with two attached hydrogens (primary N) is 1. The van der Waals surface area contributed by atoms with E-state index < -0.39 is 0 Å². The molecule has 0 saturated heterocycles. The molecule has 2 N–H and O–H groups in total. The molecule has 0 atom stereocenters. The Labute approximate surface area is 134 Å². The van der Waals surface area contributed by atoms with Gasteiger partial charge in [0.15, 0.2) is 0 Å². The van der Waals surface area contributed by atoms with Gasteiger partial charge in [-0.25, -0.2) is 0 Å². The van der Waals surface area contributed by atoms with Crippen molar-refractivity contribution in [1.29, 1.82) is 0 Å². The zero-order chi connectivity index (χ0) is 15.2. The smallest absolute Gasteiger partial charge is 0.123 e. The zero-order valence-corrected chi connectivity index (χ0v) is 13.9. The first-order valence-corrected chi connectivity index (χ1v) is 7.76. The third-order valence-corrected chi connectivity index (χ3v) is 3.58. The van der Waals surface area contributed by atoms with Crippen molar-refractivity contribution in [2.75, 3.05) is 18.9 Å². The third kappa shape index (κ3) is 4.67. The fourth-order valence-corrected chi connectivity index (χ4v) is 2.36. The van der Waals surface area contributed by atoms with E-state index in [2.05, 4.69) is 35.8 Å². The van der Waals surface area contributed by atoms with Crippen molar-refractivity contribution in [1.82, 2.24) is 0 Å². The van der Waals surface area contributed by atoms with E-state index in [0.717, 1.165) is 21.7 Å². The quantitative estimate of drug-likeness (QED) is 0.611. The second kappa shape index (κ2) is 7.36. The van der Waals surface area contributed by atoms with Crippen LogP contribution >= 0.6 is 15.9 Å². The van der Waals surface area contributed by atoms with E-state index in [4.69, 9.17) is 15.2 Å². The van der Waals surface area contributed by atoms with Crippen LogP contribution in [-0.4, -0.2) is 13.2 Å². The van der Waals surface area contributed by atoms with Crippen LogP contribution < -0.4 is 15.2 Å². The van der Waals surface area contributed by atoms with E-state index in [1.165, 1.54) is 5.56 Å². The number of nitrogen functional groups attached to an aromatic ring is 1. The summed E-state index contributed by atoms with van der Waals surface area (Å²) in [5.74, 6) is 2.12. The highest BCUT2D eigenvalue weighted by molar-refractivity contribution is 9.10. The lowest BCUT2D eigenvalue weighted by Crippen LogP contribution is -2.10. The highest BCUT2D eigenvalue weighted by Gasteiger charge is 2.08. The highest BCUT2D eigenvalue weighted by Crippen LogP contribution is 2.29. The molecule has 0 heterocycles. The average Bonchev–Trinajstić information content (AvgIpc) is 2.46. The first-order valence-electron chi connectivity index (χ1n) is 6.97. The number of rotatable bonds is 6. The molecule has 0 bridgehead atoms. The van der Waals surface area contributed by atoms with Crippen molar-refractivity contribution >= 4 is 21.6 Å². The minimum Gasteiger partial charge on any atom is -0.490 e. The van der Waals surface area contributed by atoms with Crippen LogP contribution in [0.15, 0.2) is 46.9 Å². The number of anilines is 1. The predicted octanol–water partition coefficient (Wildman–Crippen LogP) is 4.61. The number of ether oxygens (including phenoxy) is 2. The molecule has 0 aliphatic carbocycles. The van der Waals surface area contributed by atoms with Gasteiger partial charge in [-0.2, -0.15) is 0 Å². The van der Waals surface area contributed by atoms with E-state index in [1.54, 1.807) is 0 Å². The summed E-state index contributed by atoms with van der Waals surface area (Å²) in [5, 5.41) is 0. The average molecular weight is 350 g/mol. The van der Waals surface area contributed by atoms with E-state index in [-0.39, 0.29) is 0 Å². The number of benzene rings is 2. The number of halogens is 1. The lowest BCUT2D eigenvalue weighted by atomic mass is 10.0. The molecular weight excluding hydrogens is 330 g/mol.